The van der Waals surface area contributed by atoms with Crippen LogP contribution < -0.4 is 53.1 Å². The third-order valence-corrected chi connectivity index (χ3v) is 5.69. The van der Waals surface area contributed by atoms with E-state index in [9.17, 15) is 0 Å². The van der Waals surface area contributed by atoms with E-state index in [2.05, 4.69) is 68.4 Å². The third kappa shape index (κ3) is 9.55. The van der Waals surface area contributed by atoms with Crippen LogP contribution in [0.15, 0.2) is 120 Å². The number of aromatic nitrogens is 2. The van der Waals surface area contributed by atoms with Crippen LogP contribution in [0.3, 0.4) is 0 Å². The molecule has 0 N–H and O–H groups in total. The van der Waals surface area contributed by atoms with Crippen LogP contribution in [0, 0.1) is 0 Å². The van der Waals surface area contributed by atoms with Gasteiger partial charge in [0.05, 0.1) is 30.2 Å². The standard InChI is InChI=1S/C29H32N6.2BrH/c1-32(28-10-5-3-6-11-28)30-24-26-14-20-34(21-15-26)18-9-19-35-22-16-27(17-23-35)25-31-33(2)29-12-7-4-8-13-29;;/h3-8,10-17,20-25H,9,18-19H2,1-2H3;2*1H/q+2;;/p-2. The highest BCUT2D eigenvalue weighted by molar-refractivity contribution is 5.80. The summed E-state index contributed by atoms with van der Waals surface area (Å²) in [5.41, 5.74) is 4.28. The fraction of sp³-hybridized carbons (Fsp3) is 0.172. The topological polar surface area (TPSA) is 39.0 Å². The number of hydrazone groups is 2. The quantitative estimate of drug-likeness (QED) is 0.120. The maximum atomic E-state index is 4.53. The van der Waals surface area contributed by atoms with Gasteiger partial charge in [-0.3, -0.25) is 10.0 Å². The van der Waals surface area contributed by atoms with Gasteiger partial charge in [0, 0.05) is 49.5 Å². The lowest BCUT2D eigenvalue weighted by molar-refractivity contribution is -0.726. The van der Waals surface area contributed by atoms with Crippen molar-refractivity contribution in [2.75, 3.05) is 24.1 Å². The van der Waals surface area contributed by atoms with Crippen LogP contribution in [0.2, 0.25) is 0 Å². The van der Waals surface area contributed by atoms with Crippen LogP contribution in [0.4, 0.5) is 11.4 Å². The highest BCUT2D eigenvalue weighted by Crippen LogP contribution is 2.11. The summed E-state index contributed by atoms with van der Waals surface area (Å²) in [6, 6.07) is 28.6. The summed E-state index contributed by atoms with van der Waals surface area (Å²) in [5, 5.41) is 12.8. The Balaban J connectivity index is 0.00000241. The molecule has 192 valence electrons. The molecule has 0 spiro atoms. The molecule has 37 heavy (non-hydrogen) atoms. The third-order valence-electron chi connectivity index (χ3n) is 5.69. The van der Waals surface area contributed by atoms with E-state index < -0.39 is 0 Å². The van der Waals surface area contributed by atoms with Gasteiger partial charge in [0.1, 0.15) is 0 Å². The molecule has 2 aromatic carbocycles. The predicted molar refractivity (Wildman–Crippen MR) is 143 cm³/mol. The Morgan fingerprint density at radius 2 is 0.919 bits per heavy atom. The zero-order valence-corrected chi connectivity index (χ0v) is 24.3. The molecule has 8 heteroatoms. The SMILES string of the molecule is CN(/N=C/c1cc[n+](CCC[n+]2ccc(/C=N/N(C)c3ccccc3)cc2)cc1)c1ccccc1.[Br-].[Br-]. The van der Waals surface area contributed by atoms with Crippen LogP contribution in [0.5, 0.6) is 0 Å². The minimum Gasteiger partial charge on any atom is -1.00 e. The maximum Gasteiger partial charge on any atom is 0.169 e. The van der Waals surface area contributed by atoms with E-state index in [0.29, 0.717) is 0 Å². The first kappa shape index (κ1) is 29.9. The molecule has 2 heterocycles. The molecule has 4 aromatic rings. The van der Waals surface area contributed by atoms with Gasteiger partial charge < -0.3 is 34.0 Å². The van der Waals surface area contributed by atoms with Crippen LogP contribution in [-0.2, 0) is 13.1 Å². The average Bonchev–Trinajstić information content (AvgIpc) is 2.93. The van der Waals surface area contributed by atoms with Gasteiger partial charge in [0.25, 0.3) is 0 Å². The molecule has 0 saturated heterocycles. The molecular weight excluding hydrogens is 592 g/mol. The van der Waals surface area contributed by atoms with E-state index in [0.717, 1.165) is 42.0 Å². The summed E-state index contributed by atoms with van der Waals surface area (Å²) in [5.74, 6) is 0. The van der Waals surface area contributed by atoms with Gasteiger partial charge >= 0.3 is 0 Å². The number of rotatable bonds is 10. The molecule has 0 saturated carbocycles. The first-order valence-electron chi connectivity index (χ1n) is 11.8. The Kier molecular flexibility index (Phi) is 12.7. The predicted octanol–water partition coefficient (Wildman–Crippen LogP) is -1.70. The minimum atomic E-state index is 0. The van der Waals surface area contributed by atoms with E-state index in [1.54, 1.807) is 0 Å². The van der Waals surface area contributed by atoms with Crippen molar-refractivity contribution in [1.29, 1.82) is 0 Å². The van der Waals surface area contributed by atoms with E-state index in [-0.39, 0.29) is 34.0 Å². The number of halogens is 2. The van der Waals surface area contributed by atoms with Crippen molar-refractivity contribution in [3.05, 3.63) is 121 Å². The van der Waals surface area contributed by atoms with Crippen molar-refractivity contribution >= 4 is 23.8 Å². The second kappa shape index (κ2) is 15.7. The van der Waals surface area contributed by atoms with Gasteiger partial charge in [0.15, 0.2) is 37.9 Å². The zero-order valence-electron chi connectivity index (χ0n) is 21.1. The minimum absolute atomic E-state index is 0. The van der Waals surface area contributed by atoms with E-state index in [4.69, 9.17) is 0 Å². The normalized spacial score (nSPS) is 10.6. The molecule has 0 atom stereocenters. The Bertz CT molecular complexity index is 1130. The van der Waals surface area contributed by atoms with Crippen molar-refractivity contribution < 1.29 is 43.1 Å². The monoisotopic (exact) mass is 622 g/mol. The number of pyridine rings is 2. The summed E-state index contributed by atoms with van der Waals surface area (Å²) in [4.78, 5) is 0. The molecule has 0 fully saturated rings. The first-order valence-corrected chi connectivity index (χ1v) is 11.8. The highest BCUT2D eigenvalue weighted by atomic mass is 79.9. The molecule has 0 aliphatic carbocycles. The smallest absolute Gasteiger partial charge is 0.169 e. The van der Waals surface area contributed by atoms with Gasteiger partial charge in [-0.05, 0) is 24.3 Å². The van der Waals surface area contributed by atoms with Gasteiger partial charge in [-0.1, -0.05) is 36.4 Å². The Morgan fingerprint density at radius 1 is 0.568 bits per heavy atom. The Hall–Kier alpha value is -3.36. The number of para-hydroxylation sites is 2. The van der Waals surface area contributed by atoms with Crippen molar-refractivity contribution in [2.24, 2.45) is 10.2 Å². The summed E-state index contributed by atoms with van der Waals surface area (Å²) in [7, 11) is 3.91. The molecule has 6 nitrogen and oxygen atoms in total. The second-order valence-electron chi connectivity index (χ2n) is 8.30. The first-order chi connectivity index (χ1) is 17.2. The van der Waals surface area contributed by atoms with Crippen molar-refractivity contribution in [2.45, 2.75) is 19.5 Å². The lowest BCUT2D eigenvalue weighted by Crippen LogP contribution is -3.00. The molecular formula is C29H32Br2N6. The van der Waals surface area contributed by atoms with Crippen LogP contribution in [0.1, 0.15) is 17.5 Å². The molecule has 0 unspecified atom stereocenters. The Morgan fingerprint density at radius 3 is 1.27 bits per heavy atom. The number of hydrogen-bond acceptors (Lipinski definition) is 4. The number of benzene rings is 2. The zero-order chi connectivity index (χ0) is 24.3. The van der Waals surface area contributed by atoms with Gasteiger partial charge in [-0.15, -0.1) is 0 Å². The van der Waals surface area contributed by atoms with E-state index in [1.807, 2.05) is 97.2 Å². The lowest BCUT2D eigenvalue weighted by Gasteiger charge is -2.11. The lowest BCUT2D eigenvalue weighted by atomic mass is 10.3. The van der Waals surface area contributed by atoms with E-state index >= 15 is 0 Å². The average molecular weight is 624 g/mol. The van der Waals surface area contributed by atoms with Gasteiger partial charge in [-0.25, -0.2) is 9.13 Å². The van der Waals surface area contributed by atoms with Crippen LogP contribution >= 0.6 is 0 Å². The molecule has 0 bridgehead atoms. The molecule has 0 aliphatic rings. The van der Waals surface area contributed by atoms with Gasteiger partial charge in [0.2, 0.25) is 0 Å². The van der Waals surface area contributed by atoms with Crippen molar-refractivity contribution in [3.8, 4) is 0 Å². The molecule has 0 radical (unpaired) electrons. The number of aryl methyl sites for hydroxylation is 2. The van der Waals surface area contributed by atoms with Crippen LogP contribution in [-0.4, -0.2) is 26.5 Å². The summed E-state index contributed by atoms with van der Waals surface area (Å²) in [6.45, 7) is 1.92. The molecule has 0 aliphatic heterocycles. The fourth-order valence-corrected chi connectivity index (χ4v) is 3.57. The maximum absolute atomic E-state index is 4.53. The largest absolute Gasteiger partial charge is 1.00 e. The van der Waals surface area contributed by atoms with E-state index in [1.165, 1.54) is 0 Å². The van der Waals surface area contributed by atoms with Gasteiger partial charge in [-0.2, -0.15) is 10.2 Å². The summed E-state index contributed by atoms with van der Waals surface area (Å²) in [6.07, 6.45) is 13.2. The molecule has 0 amide bonds. The fourth-order valence-electron chi connectivity index (χ4n) is 3.57. The second-order valence-corrected chi connectivity index (χ2v) is 8.30. The number of nitrogens with zero attached hydrogens (tertiary/aromatic N) is 6. The summed E-state index contributed by atoms with van der Waals surface area (Å²) < 4.78 is 4.42. The number of hydrogen-bond donors (Lipinski definition) is 0. The molecule has 2 aromatic heterocycles. The van der Waals surface area contributed by atoms with Crippen molar-refractivity contribution in [3.63, 3.8) is 0 Å². The van der Waals surface area contributed by atoms with Crippen molar-refractivity contribution in [1.82, 2.24) is 0 Å². The Labute approximate surface area is 240 Å². The van der Waals surface area contributed by atoms with Crippen LogP contribution in [0.25, 0.3) is 0 Å². The molecule has 4 rings (SSSR count). The number of anilines is 2. The summed E-state index contributed by atoms with van der Waals surface area (Å²) >= 11 is 0. The highest BCUT2D eigenvalue weighted by Gasteiger charge is 2.05.